The van der Waals surface area contributed by atoms with Crippen LogP contribution >= 0.6 is 0 Å². The second-order valence-corrected chi connectivity index (χ2v) is 5.38. The topological polar surface area (TPSA) is 55.8 Å². The van der Waals surface area contributed by atoms with Gasteiger partial charge in [0, 0.05) is 12.0 Å². The lowest BCUT2D eigenvalue weighted by atomic mass is 9.86. The number of amides is 1. The van der Waals surface area contributed by atoms with Crippen LogP contribution in [0.15, 0.2) is 0 Å². The van der Waals surface area contributed by atoms with Gasteiger partial charge in [-0.15, -0.1) is 0 Å². The Kier molecular flexibility index (Phi) is 3.90. The van der Waals surface area contributed by atoms with Gasteiger partial charge < -0.3 is 14.4 Å². The lowest BCUT2D eigenvalue weighted by molar-refractivity contribution is -0.165. The van der Waals surface area contributed by atoms with Gasteiger partial charge in [0.05, 0.1) is 20.3 Å². The van der Waals surface area contributed by atoms with E-state index in [2.05, 4.69) is 0 Å². The minimum atomic E-state index is -0.575. The summed E-state index contributed by atoms with van der Waals surface area (Å²) in [5.41, 5.74) is -0.302. The van der Waals surface area contributed by atoms with Gasteiger partial charge in [-0.25, -0.2) is 4.79 Å². The van der Waals surface area contributed by atoms with Crippen LogP contribution in [-0.2, 0) is 19.1 Å². The summed E-state index contributed by atoms with van der Waals surface area (Å²) in [5.74, 6) is -0.302. The molecule has 2 rings (SSSR count). The second-order valence-electron chi connectivity index (χ2n) is 5.38. The van der Waals surface area contributed by atoms with Crippen LogP contribution in [0.5, 0.6) is 0 Å². The van der Waals surface area contributed by atoms with E-state index in [0.29, 0.717) is 13.2 Å². The SMILES string of the molecule is COC(=O)C1COCCN1C(=O)C1(C)CCCC1. The van der Waals surface area contributed by atoms with Crippen LogP contribution in [0.1, 0.15) is 32.6 Å². The summed E-state index contributed by atoms with van der Waals surface area (Å²) < 4.78 is 10.0. The molecular weight excluding hydrogens is 234 g/mol. The minimum Gasteiger partial charge on any atom is -0.467 e. The van der Waals surface area contributed by atoms with Crippen LogP contribution < -0.4 is 0 Å². The first-order chi connectivity index (χ1) is 8.58. The molecule has 0 bridgehead atoms. The van der Waals surface area contributed by atoms with Gasteiger partial charge in [0.2, 0.25) is 5.91 Å². The van der Waals surface area contributed by atoms with Crippen molar-refractivity contribution in [3.8, 4) is 0 Å². The highest BCUT2D eigenvalue weighted by Crippen LogP contribution is 2.39. The lowest BCUT2D eigenvalue weighted by Crippen LogP contribution is -2.56. The van der Waals surface area contributed by atoms with E-state index < -0.39 is 6.04 Å². The summed E-state index contributed by atoms with van der Waals surface area (Å²) in [6.45, 7) is 3.23. The smallest absolute Gasteiger partial charge is 0.331 e. The number of rotatable bonds is 2. The molecule has 0 N–H and O–H groups in total. The van der Waals surface area contributed by atoms with Crippen molar-refractivity contribution in [1.82, 2.24) is 4.90 Å². The molecule has 1 saturated heterocycles. The van der Waals surface area contributed by atoms with Crippen LogP contribution in [0.2, 0.25) is 0 Å². The largest absolute Gasteiger partial charge is 0.467 e. The molecule has 0 aromatic rings. The molecule has 1 saturated carbocycles. The van der Waals surface area contributed by atoms with Crippen molar-refractivity contribution in [2.75, 3.05) is 26.9 Å². The Balaban J connectivity index is 2.13. The van der Waals surface area contributed by atoms with Gasteiger partial charge in [0.25, 0.3) is 0 Å². The summed E-state index contributed by atoms with van der Waals surface area (Å²) in [4.78, 5) is 26.0. The first-order valence-corrected chi connectivity index (χ1v) is 6.55. The molecule has 0 spiro atoms. The van der Waals surface area contributed by atoms with E-state index in [1.165, 1.54) is 7.11 Å². The van der Waals surface area contributed by atoms with Crippen LogP contribution in [-0.4, -0.2) is 49.7 Å². The normalized spacial score (nSPS) is 27.0. The number of nitrogens with zero attached hydrogens (tertiary/aromatic N) is 1. The fourth-order valence-corrected chi connectivity index (χ4v) is 2.89. The third-order valence-corrected chi connectivity index (χ3v) is 4.09. The number of hydrogen-bond acceptors (Lipinski definition) is 4. The van der Waals surface area contributed by atoms with Crippen molar-refractivity contribution in [3.05, 3.63) is 0 Å². The fourth-order valence-electron chi connectivity index (χ4n) is 2.89. The molecule has 1 atom stereocenters. The number of ether oxygens (including phenoxy) is 2. The number of hydrogen-bond donors (Lipinski definition) is 0. The molecule has 1 heterocycles. The van der Waals surface area contributed by atoms with Crippen molar-refractivity contribution in [3.63, 3.8) is 0 Å². The maximum absolute atomic E-state index is 12.6. The Morgan fingerprint density at radius 2 is 2.00 bits per heavy atom. The number of morpholine rings is 1. The third kappa shape index (κ3) is 2.36. The Labute approximate surface area is 107 Å². The molecule has 1 unspecified atom stereocenters. The van der Waals surface area contributed by atoms with E-state index in [1.807, 2.05) is 6.92 Å². The number of carbonyl (C=O) groups excluding carboxylic acids is 2. The maximum Gasteiger partial charge on any atom is 0.331 e. The first kappa shape index (κ1) is 13.3. The standard InChI is InChI=1S/C13H21NO4/c1-13(5-3-4-6-13)12(16)14-7-8-18-9-10(14)11(15)17-2/h10H,3-9H2,1-2H3. The average Bonchev–Trinajstić information content (AvgIpc) is 2.85. The van der Waals surface area contributed by atoms with Gasteiger partial charge in [-0.3, -0.25) is 4.79 Å². The highest BCUT2D eigenvalue weighted by molar-refractivity contribution is 5.88. The summed E-state index contributed by atoms with van der Waals surface area (Å²) >= 11 is 0. The van der Waals surface area contributed by atoms with Gasteiger partial charge >= 0.3 is 5.97 Å². The van der Waals surface area contributed by atoms with Crippen LogP contribution in [0.3, 0.4) is 0 Å². The van der Waals surface area contributed by atoms with Crippen LogP contribution in [0.4, 0.5) is 0 Å². The molecule has 1 aliphatic carbocycles. The molecule has 18 heavy (non-hydrogen) atoms. The fraction of sp³-hybridized carbons (Fsp3) is 0.846. The van der Waals surface area contributed by atoms with Gasteiger partial charge in [-0.2, -0.15) is 0 Å². The van der Waals surface area contributed by atoms with Crippen molar-refractivity contribution < 1.29 is 19.1 Å². The zero-order chi connectivity index (χ0) is 13.2. The monoisotopic (exact) mass is 255 g/mol. The molecule has 1 amide bonds. The zero-order valence-electron chi connectivity index (χ0n) is 11.1. The van der Waals surface area contributed by atoms with E-state index in [1.54, 1.807) is 4.90 Å². The van der Waals surface area contributed by atoms with Crippen LogP contribution in [0.25, 0.3) is 0 Å². The van der Waals surface area contributed by atoms with E-state index in [-0.39, 0.29) is 23.9 Å². The first-order valence-electron chi connectivity index (χ1n) is 6.55. The minimum absolute atomic E-state index is 0.0821. The van der Waals surface area contributed by atoms with Crippen LogP contribution in [0, 0.1) is 5.41 Å². The van der Waals surface area contributed by atoms with Gasteiger partial charge in [-0.05, 0) is 12.8 Å². The highest BCUT2D eigenvalue weighted by atomic mass is 16.5. The predicted octanol–water partition coefficient (Wildman–Crippen LogP) is 0.967. The average molecular weight is 255 g/mol. The summed E-state index contributed by atoms with van der Waals surface area (Å²) in [7, 11) is 1.34. The van der Waals surface area contributed by atoms with Crippen molar-refractivity contribution in [2.45, 2.75) is 38.6 Å². The summed E-state index contributed by atoms with van der Waals surface area (Å²) in [6.07, 6.45) is 4.01. The molecule has 5 nitrogen and oxygen atoms in total. The van der Waals surface area contributed by atoms with E-state index in [0.717, 1.165) is 25.7 Å². The van der Waals surface area contributed by atoms with Crippen molar-refractivity contribution in [2.24, 2.45) is 5.41 Å². The second kappa shape index (κ2) is 5.26. The Morgan fingerprint density at radius 1 is 1.33 bits per heavy atom. The van der Waals surface area contributed by atoms with Gasteiger partial charge in [0.15, 0.2) is 6.04 Å². The quantitative estimate of drug-likeness (QED) is 0.690. The number of methoxy groups -OCH3 is 1. The van der Waals surface area contributed by atoms with Gasteiger partial charge in [0.1, 0.15) is 0 Å². The summed E-state index contributed by atoms with van der Waals surface area (Å²) in [6, 6.07) is -0.575. The molecule has 2 fully saturated rings. The van der Waals surface area contributed by atoms with E-state index in [4.69, 9.17) is 9.47 Å². The third-order valence-electron chi connectivity index (χ3n) is 4.09. The zero-order valence-corrected chi connectivity index (χ0v) is 11.1. The molecule has 5 heteroatoms. The lowest BCUT2D eigenvalue weighted by Gasteiger charge is -2.38. The molecule has 1 aliphatic heterocycles. The van der Waals surface area contributed by atoms with Crippen molar-refractivity contribution in [1.29, 1.82) is 0 Å². The molecule has 0 radical (unpaired) electrons. The molecule has 0 aromatic heterocycles. The molecule has 102 valence electrons. The predicted molar refractivity (Wildman–Crippen MR) is 64.9 cm³/mol. The van der Waals surface area contributed by atoms with E-state index >= 15 is 0 Å². The number of esters is 1. The highest BCUT2D eigenvalue weighted by Gasteiger charge is 2.43. The maximum atomic E-state index is 12.6. The Morgan fingerprint density at radius 3 is 2.61 bits per heavy atom. The van der Waals surface area contributed by atoms with Gasteiger partial charge in [-0.1, -0.05) is 19.8 Å². The Hall–Kier alpha value is -1.10. The molecule has 2 aliphatic rings. The van der Waals surface area contributed by atoms with E-state index in [9.17, 15) is 9.59 Å². The molecular formula is C13H21NO4. The van der Waals surface area contributed by atoms with Crippen molar-refractivity contribution >= 4 is 11.9 Å². The summed E-state index contributed by atoms with van der Waals surface area (Å²) in [5, 5.41) is 0. The Bertz CT molecular complexity index is 336. The molecule has 0 aromatic carbocycles. The number of carbonyl (C=O) groups is 2.